The molecule has 0 aliphatic rings. The van der Waals surface area contributed by atoms with E-state index in [1.807, 2.05) is 6.92 Å². The highest BCUT2D eigenvalue weighted by Crippen LogP contribution is 2.24. The number of carbonyl (C=O) groups is 1. The third kappa shape index (κ3) is 3.43. The molecule has 3 rings (SSSR count). The van der Waals surface area contributed by atoms with Gasteiger partial charge in [0.25, 0.3) is 5.91 Å². The quantitative estimate of drug-likeness (QED) is 0.720. The molecule has 0 saturated heterocycles. The van der Waals surface area contributed by atoms with E-state index in [9.17, 15) is 18.4 Å². The van der Waals surface area contributed by atoms with Crippen LogP contribution in [-0.4, -0.2) is 24.3 Å². The van der Waals surface area contributed by atoms with Gasteiger partial charge in [0.1, 0.15) is 0 Å². The van der Waals surface area contributed by atoms with Crippen LogP contribution in [0.15, 0.2) is 87.7 Å². The zero-order chi connectivity index (χ0) is 18.7. The van der Waals surface area contributed by atoms with Crippen molar-refractivity contribution < 1.29 is 18.4 Å². The molecule has 1 aromatic heterocycles. The molecule has 0 radical (unpaired) electrons. The van der Waals surface area contributed by atoms with Gasteiger partial charge in [-0.25, -0.2) is 8.42 Å². The molecular weight excluding hydrogens is 352 g/mol. The van der Waals surface area contributed by atoms with Crippen molar-refractivity contribution in [3.63, 3.8) is 0 Å². The SMILES string of the molecule is Cc1ccc(S(=O)(=O)c2ccccc2C(=O)N=c2ccccn2O)cc1. The first-order valence-corrected chi connectivity index (χ1v) is 9.25. The average Bonchev–Trinajstić information content (AvgIpc) is 2.64. The van der Waals surface area contributed by atoms with E-state index in [4.69, 9.17) is 0 Å². The molecule has 1 amide bonds. The minimum Gasteiger partial charge on any atom is -0.427 e. The molecule has 1 heterocycles. The molecule has 6 nitrogen and oxygen atoms in total. The maximum Gasteiger partial charge on any atom is 0.280 e. The summed E-state index contributed by atoms with van der Waals surface area (Å²) in [5.74, 6) is -0.759. The van der Waals surface area contributed by atoms with Gasteiger partial charge in [-0.15, -0.1) is 0 Å². The van der Waals surface area contributed by atoms with Gasteiger partial charge >= 0.3 is 0 Å². The second-order valence-corrected chi connectivity index (χ2v) is 7.55. The normalized spacial score (nSPS) is 12.1. The van der Waals surface area contributed by atoms with Crippen molar-refractivity contribution in [1.82, 2.24) is 4.73 Å². The molecule has 26 heavy (non-hydrogen) atoms. The lowest BCUT2D eigenvalue weighted by Crippen LogP contribution is -2.20. The van der Waals surface area contributed by atoms with Crippen LogP contribution in [0.3, 0.4) is 0 Å². The highest BCUT2D eigenvalue weighted by Gasteiger charge is 2.24. The molecule has 0 atom stereocenters. The monoisotopic (exact) mass is 368 g/mol. The van der Waals surface area contributed by atoms with Gasteiger partial charge in [-0.1, -0.05) is 35.9 Å². The van der Waals surface area contributed by atoms with Crippen LogP contribution in [0.4, 0.5) is 0 Å². The Bertz CT molecular complexity index is 1130. The van der Waals surface area contributed by atoms with Crippen molar-refractivity contribution in [3.8, 4) is 0 Å². The van der Waals surface area contributed by atoms with Crippen LogP contribution < -0.4 is 5.49 Å². The van der Waals surface area contributed by atoms with E-state index < -0.39 is 15.7 Å². The lowest BCUT2D eigenvalue weighted by Gasteiger charge is -2.08. The van der Waals surface area contributed by atoms with Crippen molar-refractivity contribution in [2.24, 2.45) is 4.99 Å². The molecule has 0 spiro atoms. The van der Waals surface area contributed by atoms with E-state index in [0.29, 0.717) is 4.73 Å². The van der Waals surface area contributed by atoms with Gasteiger partial charge in [-0.05, 0) is 43.3 Å². The summed E-state index contributed by atoms with van der Waals surface area (Å²) in [6.45, 7) is 1.86. The summed E-state index contributed by atoms with van der Waals surface area (Å²) in [7, 11) is -3.88. The van der Waals surface area contributed by atoms with E-state index in [0.717, 1.165) is 5.56 Å². The Balaban J connectivity index is 2.12. The largest absolute Gasteiger partial charge is 0.427 e. The minimum absolute atomic E-state index is 0.0000342. The van der Waals surface area contributed by atoms with Crippen molar-refractivity contribution in [2.45, 2.75) is 16.7 Å². The number of amides is 1. The number of benzene rings is 2. The summed E-state index contributed by atoms with van der Waals surface area (Å²) in [4.78, 5) is 16.4. The highest BCUT2D eigenvalue weighted by molar-refractivity contribution is 7.91. The number of sulfone groups is 1. The molecule has 2 aromatic carbocycles. The molecule has 0 aliphatic carbocycles. The van der Waals surface area contributed by atoms with Crippen molar-refractivity contribution in [2.75, 3.05) is 0 Å². The van der Waals surface area contributed by atoms with Crippen LogP contribution >= 0.6 is 0 Å². The summed E-state index contributed by atoms with van der Waals surface area (Å²) >= 11 is 0. The highest BCUT2D eigenvalue weighted by atomic mass is 32.2. The number of pyridine rings is 1. The molecule has 0 unspecified atom stereocenters. The molecule has 0 fully saturated rings. The molecule has 7 heteroatoms. The zero-order valence-corrected chi connectivity index (χ0v) is 14.7. The van der Waals surface area contributed by atoms with E-state index in [2.05, 4.69) is 4.99 Å². The van der Waals surface area contributed by atoms with Crippen LogP contribution in [0.1, 0.15) is 15.9 Å². The Hall–Kier alpha value is -3.19. The fourth-order valence-corrected chi connectivity index (χ4v) is 3.85. The van der Waals surface area contributed by atoms with Crippen molar-refractivity contribution >= 4 is 15.7 Å². The number of aromatic nitrogens is 1. The first-order chi connectivity index (χ1) is 12.4. The number of hydrogen-bond donors (Lipinski definition) is 1. The molecule has 0 aliphatic heterocycles. The van der Waals surface area contributed by atoms with Crippen molar-refractivity contribution in [1.29, 1.82) is 0 Å². The van der Waals surface area contributed by atoms with Crippen LogP contribution in [0, 0.1) is 6.92 Å². The maximum absolute atomic E-state index is 12.9. The first kappa shape index (κ1) is 17.6. The summed E-state index contributed by atoms with van der Waals surface area (Å²) in [5.41, 5.74) is 0.872. The molecule has 1 N–H and O–H groups in total. The third-order valence-electron chi connectivity index (χ3n) is 3.77. The zero-order valence-electron chi connectivity index (χ0n) is 13.9. The Kier molecular flexibility index (Phi) is 4.73. The van der Waals surface area contributed by atoms with Crippen LogP contribution in [0.2, 0.25) is 0 Å². The van der Waals surface area contributed by atoms with E-state index in [1.54, 1.807) is 36.4 Å². The summed E-state index contributed by atoms with van der Waals surface area (Å²) in [6.07, 6.45) is 1.32. The Labute approximate surface area is 150 Å². The Morgan fingerprint density at radius 2 is 1.62 bits per heavy atom. The summed E-state index contributed by atoms with van der Waals surface area (Å²) in [6, 6.07) is 16.9. The maximum atomic E-state index is 12.9. The lowest BCUT2D eigenvalue weighted by atomic mass is 10.2. The van der Waals surface area contributed by atoms with Gasteiger partial charge in [-0.3, -0.25) is 4.79 Å². The standard InChI is InChI=1S/C19H16N2O4S/c1-14-9-11-15(12-10-14)26(24,25)17-7-3-2-6-16(17)19(22)20-18-8-4-5-13-21(18)23/h2-13,23H,1H3. The summed E-state index contributed by atoms with van der Waals surface area (Å²) in [5, 5.41) is 9.69. The molecular formula is C19H16N2O4S. The molecule has 3 aromatic rings. The first-order valence-electron chi connectivity index (χ1n) is 7.76. The van der Waals surface area contributed by atoms with Crippen molar-refractivity contribution in [3.05, 3.63) is 89.5 Å². The third-order valence-corrected chi connectivity index (χ3v) is 5.60. The van der Waals surface area contributed by atoms with Gasteiger partial charge in [0.15, 0.2) is 5.49 Å². The second-order valence-electron chi connectivity index (χ2n) is 5.63. The van der Waals surface area contributed by atoms with Gasteiger partial charge in [-0.2, -0.15) is 9.72 Å². The van der Waals surface area contributed by atoms with Gasteiger partial charge in [0.2, 0.25) is 9.84 Å². The fourth-order valence-electron chi connectivity index (χ4n) is 2.40. The number of nitrogens with zero attached hydrogens (tertiary/aromatic N) is 2. The summed E-state index contributed by atoms with van der Waals surface area (Å²) < 4.78 is 26.6. The van der Waals surface area contributed by atoms with Crippen LogP contribution in [0.5, 0.6) is 0 Å². The predicted molar refractivity (Wildman–Crippen MR) is 94.6 cm³/mol. The predicted octanol–water partition coefficient (Wildman–Crippen LogP) is 2.61. The topological polar surface area (TPSA) is 88.7 Å². The van der Waals surface area contributed by atoms with E-state index >= 15 is 0 Å². The second kappa shape index (κ2) is 6.97. The lowest BCUT2D eigenvalue weighted by molar-refractivity contribution is 0.0984. The number of rotatable bonds is 3. The number of aryl methyl sites for hydroxylation is 1. The van der Waals surface area contributed by atoms with Gasteiger partial charge in [0, 0.05) is 6.20 Å². The average molecular weight is 368 g/mol. The Morgan fingerprint density at radius 3 is 2.31 bits per heavy atom. The van der Waals surface area contributed by atoms with Gasteiger partial charge < -0.3 is 5.21 Å². The van der Waals surface area contributed by atoms with E-state index in [1.165, 1.54) is 36.5 Å². The minimum atomic E-state index is -3.88. The van der Waals surface area contributed by atoms with E-state index in [-0.39, 0.29) is 20.8 Å². The van der Waals surface area contributed by atoms with Crippen LogP contribution in [0.25, 0.3) is 0 Å². The molecule has 0 bridgehead atoms. The molecule has 132 valence electrons. The van der Waals surface area contributed by atoms with Crippen LogP contribution in [-0.2, 0) is 9.84 Å². The fraction of sp³-hybridized carbons (Fsp3) is 0.0526. The number of hydrogen-bond acceptors (Lipinski definition) is 4. The van der Waals surface area contributed by atoms with Gasteiger partial charge in [0.05, 0.1) is 15.4 Å². The molecule has 0 saturated carbocycles. The smallest absolute Gasteiger partial charge is 0.280 e. The number of carbonyl (C=O) groups excluding carboxylic acids is 1. The Morgan fingerprint density at radius 1 is 0.962 bits per heavy atom.